The molecule has 0 fully saturated rings. The van der Waals surface area contributed by atoms with E-state index in [0.29, 0.717) is 0 Å². The van der Waals surface area contributed by atoms with Crippen LogP contribution in [0.1, 0.15) is 11.3 Å². The lowest BCUT2D eigenvalue weighted by molar-refractivity contribution is 0.426. The number of rotatable bonds is 2. The molecule has 0 amide bonds. The predicted octanol–water partition coefficient (Wildman–Crippen LogP) is 4.31. The first-order valence-corrected chi connectivity index (χ1v) is 6.41. The Balaban J connectivity index is 2.45. The SMILES string of the molecule is Cc1c(CBr)noc1-c1ccc(Br)cc1. The van der Waals surface area contributed by atoms with Gasteiger partial charge in [0.2, 0.25) is 0 Å². The van der Waals surface area contributed by atoms with Gasteiger partial charge >= 0.3 is 0 Å². The molecule has 0 saturated carbocycles. The van der Waals surface area contributed by atoms with Crippen molar-refractivity contribution in [2.45, 2.75) is 12.3 Å². The fraction of sp³-hybridized carbons (Fsp3) is 0.182. The highest BCUT2D eigenvalue weighted by Crippen LogP contribution is 2.27. The van der Waals surface area contributed by atoms with Crippen LogP contribution in [0.5, 0.6) is 0 Å². The van der Waals surface area contributed by atoms with Crippen molar-refractivity contribution in [3.05, 3.63) is 40.0 Å². The summed E-state index contributed by atoms with van der Waals surface area (Å²) in [5, 5.41) is 4.72. The molecule has 0 atom stereocenters. The smallest absolute Gasteiger partial charge is 0.170 e. The van der Waals surface area contributed by atoms with E-state index in [0.717, 1.165) is 32.4 Å². The van der Waals surface area contributed by atoms with E-state index in [4.69, 9.17) is 4.52 Å². The van der Waals surface area contributed by atoms with Crippen LogP contribution in [0.15, 0.2) is 33.3 Å². The molecule has 0 bridgehead atoms. The van der Waals surface area contributed by atoms with E-state index < -0.39 is 0 Å². The molecule has 0 aliphatic heterocycles. The second kappa shape index (κ2) is 4.49. The normalized spacial score (nSPS) is 10.6. The molecule has 0 aliphatic carbocycles. The first-order valence-electron chi connectivity index (χ1n) is 4.49. The maximum Gasteiger partial charge on any atom is 0.170 e. The van der Waals surface area contributed by atoms with E-state index in [-0.39, 0.29) is 0 Å². The summed E-state index contributed by atoms with van der Waals surface area (Å²) in [5.74, 6) is 0.844. The zero-order chi connectivity index (χ0) is 10.8. The number of benzene rings is 1. The van der Waals surface area contributed by atoms with Crippen molar-refractivity contribution in [1.82, 2.24) is 5.16 Å². The molecular weight excluding hydrogens is 322 g/mol. The van der Waals surface area contributed by atoms with Crippen LogP contribution in [0.25, 0.3) is 11.3 Å². The van der Waals surface area contributed by atoms with Gasteiger partial charge in [-0.15, -0.1) is 0 Å². The molecule has 15 heavy (non-hydrogen) atoms. The Morgan fingerprint density at radius 2 is 1.93 bits per heavy atom. The molecule has 2 nitrogen and oxygen atoms in total. The second-order valence-electron chi connectivity index (χ2n) is 3.22. The molecule has 0 N–H and O–H groups in total. The minimum atomic E-state index is 0.721. The molecule has 1 aromatic heterocycles. The summed E-state index contributed by atoms with van der Waals surface area (Å²) in [6.45, 7) is 2.02. The van der Waals surface area contributed by atoms with Crippen molar-refractivity contribution in [2.75, 3.05) is 0 Å². The monoisotopic (exact) mass is 329 g/mol. The third-order valence-corrected chi connectivity index (χ3v) is 3.31. The zero-order valence-electron chi connectivity index (χ0n) is 8.13. The number of alkyl halides is 1. The fourth-order valence-electron chi connectivity index (χ4n) is 1.36. The quantitative estimate of drug-likeness (QED) is 0.767. The van der Waals surface area contributed by atoms with Gasteiger partial charge in [0.15, 0.2) is 5.76 Å². The van der Waals surface area contributed by atoms with Gasteiger partial charge in [-0.3, -0.25) is 0 Å². The molecule has 1 aromatic carbocycles. The molecule has 2 rings (SSSR count). The van der Waals surface area contributed by atoms with Crippen LogP contribution in [0, 0.1) is 6.92 Å². The minimum Gasteiger partial charge on any atom is -0.356 e. The van der Waals surface area contributed by atoms with E-state index >= 15 is 0 Å². The van der Waals surface area contributed by atoms with Gasteiger partial charge in [0.25, 0.3) is 0 Å². The van der Waals surface area contributed by atoms with E-state index in [2.05, 4.69) is 37.0 Å². The van der Waals surface area contributed by atoms with Crippen LogP contribution in [0.4, 0.5) is 0 Å². The van der Waals surface area contributed by atoms with Gasteiger partial charge in [0.1, 0.15) is 0 Å². The van der Waals surface area contributed by atoms with Crippen molar-refractivity contribution in [3.8, 4) is 11.3 Å². The third-order valence-electron chi connectivity index (χ3n) is 2.25. The Morgan fingerprint density at radius 1 is 1.27 bits per heavy atom. The Hall–Kier alpha value is -0.610. The van der Waals surface area contributed by atoms with Crippen LogP contribution in [-0.2, 0) is 5.33 Å². The Morgan fingerprint density at radius 3 is 2.47 bits per heavy atom. The fourth-order valence-corrected chi connectivity index (χ4v) is 2.15. The van der Waals surface area contributed by atoms with Gasteiger partial charge < -0.3 is 4.52 Å². The highest BCUT2D eigenvalue weighted by Gasteiger charge is 2.12. The molecular formula is C11H9Br2NO. The summed E-state index contributed by atoms with van der Waals surface area (Å²) in [7, 11) is 0. The number of halogens is 2. The summed E-state index contributed by atoms with van der Waals surface area (Å²) >= 11 is 6.78. The van der Waals surface area contributed by atoms with Gasteiger partial charge in [0, 0.05) is 20.9 Å². The average Bonchev–Trinajstić information content (AvgIpc) is 2.61. The second-order valence-corrected chi connectivity index (χ2v) is 4.70. The predicted molar refractivity (Wildman–Crippen MR) is 67.0 cm³/mol. The van der Waals surface area contributed by atoms with Crippen LogP contribution >= 0.6 is 31.9 Å². The van der Waals surface area contributed by atoms with Crippen molar-refractivity contribution < 1.29 is 4.52 Å². The minimum absolute atomic E-state index is 0.721. The van der Waals surface area contributed by atoms with Gasteiger partial charge in [0.05, 0.1) is 5.69 Å². The standard InChI is InChI=1S/C11H9Br2NO/c1-7-10(6-12)14-15-11(7)8-2-4-9(13)5-3-8/h2-5H,6H2,1H3. The summed E-state index contributed by atoms with van der Waals surface area (Å²) in [6.07, 6.45) is 0. The molecule has 1 heterocycles. The lowest BCUT2D eigenvalue weighted by Crippen LogP contribution is -1.81. The summed E-state index contributed by atoms with van der Waals surface area (Å²) in [5.41, 5.74) is 3.09. The maximum absolute atomic E-state index is 5.32. The number of aromatic nitrogens is 1. The highest BCUT2D eigenvalue weighted by atomic mass is 79.9. The number of hydrogen-bond donors (Lipinski definition) is 0. The molecule has 78 valence electrons. The van der Waals surface area contributed by atoms with E-state index in [1.165, 1.54) is 0 Å². The van der Waals surface area contributed by atoms with Crippen molar-refractivity contribution in [3.63, 3.8) is 0 Å². The maximum atomic E-state index is 5.32. The number of hydrogen-bond acceptors (Lipinski definition) is 2. The van der Waals surface area contributed by atoms with Crippen molar-refractivity contribution in [2.24, 2.45) is 0 Å². The molecule has 0 saturated heterocycles. The average molecular weight is 331 g/mol. The van der Waals surface area contributed by atoms with E-state index in [1.54, 1.807) is 0 Å². The van der Waals surface area contributed by atoms with Gasteiger partial charge in [-0.25, -0.2) is 0 Å². The van der Waals surface area contributed by atoms with E-state index in [9.17, 15) is 0 Å². The molecule has 0 unspecified atom stereocenters. The Bertz CT molecular complexity index is 462. The summed E-state index contributed by atoms with van der Waals surface area (Å²) in [4.78, 5) is 0. The largest absolute Gasteiger partial charge is 0.356 e. The van der Waals surface area contributed by atoms with Crippen LogP contribution in [0.2, 0.25) is 0 Å². The molecule has 0 aliphatic rings. The molecule has 0 radical (unpaired) electrons. The topological polar surface area (TPSA) is 26.0 Å². The van der Waals surface area contributed by atoms with Crippen molar-refractivity contribution >= 4 is 31.9 Å². The van der Waals surface area contributed by atoms with Gasteiger partial charge in [-0.05, 0) is 19.1 Å². The van der Waals surface area contributed by atoms with E-state index in [1.807, 2.05) is 31.2 Å². The van der Waals surface area contributed by atoms with Gasteiger partial charge in [-0.2, -0.15) is 0 Å². The lowest BCUT2D eigenvalue weighted by Gasteiger charge is -1.97. The number of nitrogens with zero attached hydrogens (tertiary/aromatic N) is 1. The van der Waals surface area contributed by atoms with Crippen LogP contribution in [-0.4, -0.2) is 5.16 Å². The summed E-state index contributed by atoms with van der Waals surface area (Å²) < 4.78 is 6.38. The molecule has 0 spiro atoms. The summed E-state index contributed by atoms with van der Waals surface area (Å²) in [6, 6.07) is 8.00. The first-order chi connectivity index (χ1) is 7.22. The Labute approximate surface area is 105 Å². The molecule has 4 heteroatoms. The van der Waals surface area contributed by atoms with Crippen molar-refractivity contribution in [1.29, 1.82) is 0 Å². The highest BCUT2D eigenvalue weighted by molar-refractivity contribution is 9.10. The molecule has 2 aromatic rings. The zero-order valence-corrected chi connectivity index (χ0v) is 11.3. The third kappa shape index (κ3) is 2.16. The van der Waals surface area contributed by atoms with Gasteiger partial charge in [-0.1, -0.05) is 49.1 Å². The lowest BCUT2D eigenvalue weighted by atomic mass is 10.1. The first kappa shape index (κ1) is 10.9. The Kier molecular flexibility index (Phi) is 3.26. The van der Waals surface area contributed by atoms with Crippen LogP contribution in [0.3, 0.4) is 0 Å². The van der Waals surface area contributed by atoms with Crippen LogP contribution < -0.4 is 0 Å².